The number of halogens is 4. The van der Waals surface area contributed by atoms with Crippen molar-refractivity contribution in [1.29, 1.82) is 0 Å². The van der Waals surface area contributed by atoms with Crippen LogP contribution >= 0.6 is 23.4 Å². The first kappa shape index (κ1) is 24.5. The number of nitrogens with one attached hydrogen (secondary N) is 2. The molecule has 172 valence electrons. The van der Waals surface area contributed by atoms with Gasteiger partial charge in [0.1, 0.15) is 5.75 Å². The Morgan fingerprint density at radius 1 is 0.909 bits per heavy atom. The van der Waals surface area contributed by atoms with E-state index in [2.05, 4.69) is 10.6 Å². The third-order valence-electron chi connectivity index (χ3n) is 4.19. The predicted octanol–water partition coefficient (Wildman–Crippen LogP) is 6.11. The van der Waals surface area contributed by atoms with Crippen LogP contribution in [0.15, 0.2) is 77.7 Å². The molecule has 0 heterocycles. The van der Waals surface area contributed by atoms with E-state index in [9.17, 15) is 22.8 Å². The van der Waals surface area contributed by atoms with Crippen LogP contribution < -0.4 is 15.4 Å². The lowest BCUT2D eigenvalue weighted by Gasteiger charge is -2.11. The number of rotatable bonds is 8. The zero-order valence-corrected chi connectivity index (χ0v) is 18.6. The first-order valence-corrected chi connectivity index (χ1v) is 10.9. The van der Waals surface area contributed by atoms with E-state index in [0.717, 1.165) is 23.1 Å². The minimum atomic E-state index is -4.54. The lowest BCUT2D eigenvalue weighted by atomic mass is 10.2. The van der Waals surface area contributed by atoms with Gasteiger partial charge in [-0.3, -0.25) is 9.59 Å². The molecule has 0 saturated heterocycles. The molecule has 0 saturated carbocycles. The summed E-state index contributed by atoms with van der Waals surface area (Å²) < 4.78 is 43.9. The average molecular weight is 495 g/mol. The summed E-state index contributed by atoms with van der Waals surface area (Å²) in [4.78, 5) is 24.9. The SMILES string of the molecule is O=C(COc1ccccc1)Nc1ccc(SCC(=O)Nc2cc(C(F)(F)F)ccc2Cl)cc1. The molecule has 5 nitrogen and oxygen atoms in total. The summed E-state index contributed by atoms with van der Waals surface area (Å²) >= 11 is 7.08. The average Bonchev–Trinajstić information content (AvgIpc) is 2.79. The van der Waals surface area contributed by atoms with Gasteiger partial charge in [-0.2, -0.15) is 13.2 Å². The Bertz CT molecular complexity index is 1110. The summed E-state index contributed by atoms with van der Waals surface area (Å²) in [7, 11) is 0. The van der Waals surface area contributed by atoms with Gasteiger partial charge in [-0.15, -0.1) is 11.8 Å². The van der Waals surface area contributed by atoms with Gasteiger partial charge in [0, 0.05) is 10.6 Å². The number of para-hydroxylation sites is 1. The summed E-state index contributed by atoms with van der Waals surface area (Å²) in [5.74, 6) is -0.277. The topological polar surface area (TPSA) is 67.4 Å². The van der Waals surface area contributed by atoms with Crippen LogP contribution in [0.5, 0.6) is 5.75 Å². The fraction of sp³-hybridized carbons (Fsp3) is 0.130. The van der Waals surface area contributed by atoms with Crippen molar-refractivity contribution in [2.45, 2.75) is 11.1 Å². The van der Waals surface area contributed by atoms with E-state index >= 15 is 0 Å². The maximum absolute atomic E-state index is 12.8. The van der Waals surface area contributed by atoms with Crippen molar-refractivity contribution in [2.75, 3.05) is 23.0 Å². The van der Waals surface area contributed by atoms with Crippen molar-refractivity contribution >= 4 is 46.6 Å². The van der Waals surface area contributed by atoms with E-state index in [1.54, 1.807) is 48.5 Å². The van der Waals surface area contributed by atoms with Gasteiger partial charge in [0.05, 0.1) is 22.0 Å². The van der Waals surface area contributed by atoms with Gasteiger partial charge in [0.25, 0.3) is 5.91 Å². The number of benzene rings is 3. The Hall–Kier alpha value is -3.17. The molecular weight excluding hydrogens is 477 g/mol. The monoisotopic (exact) mass is 494 g/mol. The highest BCUT2D eigenvalue weighted by Gasteiger charge is 2.31. The molecule has 0 spiro atoms. The Morgan fingerprint density at radius 2 is 1.61 bits per heavy atom. The Labute approximate surface area is 197 Å². The molecule has 0 aliphatic heterocycles. The highest BCUT2D eigenvalue weighted by molar-refractivity contribution is 8.00. The number of thioether (sulfide) groups is 1. The number of anilines is 2. The van der Waals surface area contributed by atoms with Crippen LogP contribution in [-0.2, 0) is 15.8 Å². The van der Waals surface area contributed by atoms with Crippen molar-refractivity contribution in [3.05, 3.63) is 83.4 Å². The van der Waals surface area contributed by atoms with Crippen molar-refractivity contribution in [3.8, 4) is 5.75 Å². The van der Waals surface area contributed by atoms with Crippen LogP contribution in [-0.4, -0.2) is 24.2 Å². The molecule has 3 aromatic carbocycles. The second-order valence-corrected chi connectivity index (χ2v) is 8.16. The normalized spacial score (nSPS) is 11.0. The van der Waals surface area contributed by atoms with Gasteiger partial charge in [-0.05, 0) is 54.6 Å². The molecular formula is C23H18ClF3N2O3S. The highest BCUT2D eigenvalue weighted by atomic mass is 35.5. The summed E-state index contributed by atoms with van der Waals surface area (Å²) in [6.07, 6.45) is -4.54. The highest BCUT2D eigenvalue weighted by Crippen LogP contribution is 2.34. The van der Waals surface area contributed by atoms with Crippen molar-refractivity contribution in [2.24, 2.45) is 0 Å². The molecule has 2 amide bonds. The third-order valence-corrected chi connectivity index (χ3v) is 5.53. The van der Waals surface area contributed by atoms with Crippen molar-refractivity contribution in [3.63, 3.8) is 0 Å². The fourth-order valence-corrected chi connectivity index (χ4v) is 3.49. The quantitative estimate of drug-likeness (QED) is 0.371. The molecule has 0 radical (unpaired) electrons. The van der Waals surface area contributed by atoms with Crippen molar-refractivity contribution in [1.82, 2.24) is 0 Å². The first-order valence-electron chi connectivity index (χ1n) is 9.58. The second kappa shape index (κ2) is 11.1. The molecule has 3 rings (SSSR count). The zero-order chi connectivity index (χ0) is 23.8. The predicted molar refractivity (Wildman–Crippen MR) is 123 cm³/mol. The van der Waals surface area contributed by atoms with Crippen molar-refractivity contribution < 1.29 is 27.5 Å². The molecule has 0 aliphatic rings. The van der Waals surface area contributed by atoms with Gasteiger partial charge >= 0.3 is 6.18 Å². The summed E-state index contributed by atoms with van der Waals surface area (Å²) in [6, 6.07) is 18.4. The molecule has 0 unspecified atom stereocenters. The first-order chi connectivity index (χ1) is 15.7. The van der Waals surface area contributed by atoms with Gasteiger partial charge in [0.15, 0.2) is 6.61 Å². The van der Waals surface area contributed by atoms with Crippen LogP contribution in [0.2, 0.25) is 5.02 Å². The minimum absolute atomic E-state index is 0.0117. The van der Waals surface area contributed by atoms with Gasteiger partial charge < -0.3 is 15.4 Å². The van der Waals surface area contributed by atoms with E-state index in [-0.39, 0.29) is 29.0 Å². The van der Waals surface area contributed by atoms with E-state index in [1.807, 2.05) is 6.07 Å². The molecule has 0 aliphatic carbocycles. The number of carbonyl (C=O) groups is 2. The lowest BCUT2D eigenvalue weighted by molar-refractivity contribution is -0.137. The summed E-state index contributed by atoms with van der Waals surface area (Å²) in [5, 5.41) is 5.11. The standard InChI is InChI=1S/C23H18ClF3N2O3S/c24-19-11-6-15(23(25,26)27)12-20(19)29-22(31)14-33-18-9-7-16(8-10-18)28-21(30)13-32-17-4-2-1-3-5-17/h1-12H,13-14H2,(H,28,30)(H,29,31). The smallest absolute Gasteiger partial charge is 0.416 e. The molecule has 0 aromatic heterocycles. The van der Waals surface area contributed by atoms with Gasteiger partial charge in [0.2, 0.25) is 5.91 Å². The number of carbonyl (C=O) groups excluding carboxylic acids is 2. The molecule has 33 heavy (non-hydrogen) atoms. The van der Waals surface area contributed by atoms with E-state index in [1.165, 1.54) is 11.8 Å². The van der Waals surface area contributed by atoms with Crippen LogP contribution in [0.1, 0.15) is 5.56 Å². The zero-order valence-electron chi connectivity index (χ0n) is 17.0. The minimum Gasteiger partial charge on any atom is -0.484 e. The third kappa shape index (κ3) is 7.73. The fourth-order valence-electron chi connectivity index (χ4n) is 2.63. The molecule has 0 atom stereocenters. The van der Waals surface area contributed by atoms with E-state index in [4.69, 9.17) is 16.3 Å². The number of amides is 2. The van der Waals surface area contributed by atoms with E-state index in [0.29, 0.717) is 11.4 Å². The molecule has 0 fully saturated rings. The van der Waals surface area contributed by atoms with Crippen LogP contribution in [0, 0.1) is 0 Å². The molecule has 0 bridgehead atoms. The largest absolute Gasteiger partial charge is 0.484 e. The second-order valence-electron chi connectivity index (χ2n) is 6.70. The number of alkyl halides is 3. The molecule has 3 aromatic rings. The Morgan fingerprint density at radius 3 is 2.27 bits per heavy atom. The van der Waals surface area contributed by atoms with E-state index < -0.39 is 17.6 Å². The van der Waals surface area contributed by atoms with Gasteiger partial charge in [-0.1, -0.05) is 29.8 Å². The van der Waals surface area contributed by atoms with Gasteiger partial charge in [-0.25, -0.2) is 0 Å². The molecule has 10 heteroatoms. The van der Waals surface area contributed by atoms with Crippen LogP contribution in [0.4, 0.5) is 24.5 Å². The number of hydrogen-bond donors (Lipinski definition) is 2. The van der Waals surface area contributed by atoms with Crippen LogP contribution in [0.3, 0.4) is 0 Å². The molecule has 2 N–H and O–H groups in total. The summed E-state index contributed by atoms with van der Waals surface area (Å²) in [5.41, 5.74) is -0.448. The van der Waals surface area contributed by atoms with Crippen LogP contribution in [0.25, 0.3) is 0 Å². The Kier molecular flexibility index (Phi) is 8.24. The maximum Gasteiger partial charge on any atom is 0.416 e. The summed E-state index contributed by atoms with van der Waals surface area (Å²) in [6.45, 7) is -0.140. The number of hydrogen-bond acceptors (Lipinski definition) is 4. The maximum atomic E-state index is 12.8. The lowest BCUT2D eigenvalue weighted by Crippen LogP contribution is -2.20. The number of ether oxygens (including phenoxy) is 1. The Balaban J connectivity index is 1.47.